The fourth-order valence-electron chi connectivity index (χ4n) is 3.83. The number of hydrogen-bond acceptors (Lipinski definition) is 5. The van der Waals surface area contributed by atoms with Crippen molar-refractivity contribution < 1.29 is 28.8 Å². The predicted molar refractivity (Wildman–Crippen MR) is 119 cm³/mol. The van der Waals surface area contributed by atoms with Gasteiger partial charge >= 0.3 is 12.0 Å². The summed E-state index contributed by atoms with van der Waals surface area (Å²) in [7, 11) is 1.56. The number of aliphatic carboxylic acids is 1. The first-order chi connectivity index (χ1) is 16.1. The summed E-state index contributed by atoms with van der Waals surface area (Å²) in [4.78, 5) is 50.7. The summed E-state index contributed by atoms with van der Waals surface area (Å²) >= 11 is 0. The van der Waals surface area contributed by atoms with Gasteiger partial charge in [-0.15, -0.1) is 0 Å². The van der Waals surface area contributed by atoms with Crippen LogP contribution in [0, 0.1) is 15.9 Å². The van der Waals surface area contributed by atoms with Crippen LogP contribution in [0.4, 0.5) is 14.9 Å². The Hall–Kier alpha value is -4.28. The van der Waals surface area contributed by atoms with Crippen molar-refractivity contribution in [2.24, 2.45) is 0 Å². The average Bonchev–Trinajstić information content (AvgIpc) is 2.79. The first-order valence-corrected chi connectivity index (χ1v) is 10.4. The summed E-state index contributed by atoms with van der Waals surface area (Å²) in [5.41, 5.74) is 0.414. The second-order valence-corrected chi connectivity index (χ2v) is 7.81. The second-order valence-electron chi connectivity index (χ2n) is 7.81. The van der Waals surface area contributed by atoms with Crippen LogP contribution in [-0.2, 0) is 4.79 Å². The number of halogens is 1. The molecule has 178 valence electrons. The molecular formula is C23H23FN4O6. The third-order valence-electron chi connectivity index (χ3n) is 5.50. The quantitative estimate of drug-likeness (QED) is 0.449. The first kappa shape index (κ1) is 24.4. The zero-order chi connectivity index (χ0) is 25.0. The standard InChI is InChI=1S/C23H23FN4O6/c1-14-19(22(30)31)20(16-5-3-6-18(13-16)28(33)34)27(23(32)25-14)12-4-11-26(2)21(29)15-7-9-17(24)10-8-15/h3,5-10,13,20H,4,11-12H2,1-2H3,(H,25,32)(H,30,31). The Balaban J connectivity index is 1.82. The smallest absolute Gasteiger partial charge is 0.335 e. The van der Waals surface area contributed by atoms with Gasteiger partial charge in [-0.1, -0.05) is 12.1 Å². The zero-order valence-corrected chi connectivity index (χ0v) is 18.5. The molecule has 34 heavy (non-hydrogen) atoms. The molecule has 0 saturated heterocycles. The molecule has 0 aromatic heterocycles. The third-order valence-corrected chi connectivity index (χ3v) is 5.50. The van der Waals surface area contributed by atoms with Crippen molar-refractivity contribution >= 4 is 23.6 Å². The number of non-ortho nitro benzene ring substituents is 1. The van der Waals surface area contributed by atoms with E-state index in [0.717, 1.165) is 0 Å². The van der Waals surface area contributed by atoms with E-state index in [4.69, 9.17) is 0 Å². The lowest BCUT2D eigenvalue weighted by atomic mass is 9.93. The van der Waals surface area contributed by atoms with Crippen LogP contribution < -0.4 is 5.32 Å². The topological polar surface area (TPSA) is 133 Å². The number of allylic oxidation sites excluding steroid dienone is 1. The normalized spacial score (nSPS) is 15.7. The highest BCUT2D eigenvalue weighted by Crippen LogP contribution is 2.35. The maximum absolute atomic E-state index is 13.1. The largest absolute Gasteiger partial charge is 0.478 e. The van der Waals surface area contributed by atoms with Crippen LogP contribution in [0.5, 0.6) is 0 Å². The van der Waals surface area contributed by atoms with Crippen LogP contribution in [-0.4, -0.2) is 57.9 Å². The Labute approximate surface area is 194 Å². The highest BCUT2D eigenvalue weighted by Gasteiger charge is 2.38. The fourth-order valence-corrected chi connectivity index (χ4v) is 3.83. The van der Waals surface area contributed by atoms with E-state index < -0.39 is 28.8 Å². The van der Waals surface area contributed by atoms with Crippen LogP contribution in [0.3, 0.4) is 0 Å². The Bertz CT molecular complexity index is 1160. The van der Waals surface area contributed by atoms with Crippen molar-refractivity contribution in [2.75, 3.05) is 20.1 Å². The van der Waals surface area contributed by atoms with Gasteiger partial charge in [0.1, 0.15) is 5.82 Å². The third kappa shape index (κ3) is 5.20. The minimum absolute atomic E-state index is 0.0737. The number of nitro benzene ring substituents is 1. The van der Waals surface area contributed by atoms with Gasteiger partial charge in [-0.3, -0.25) is 14.9 Å². The van der Waals surface area contributed by atoms with Gasteiger partial charge in [0.2, 0.25) is 0 Å². The van der Waals surface area contributed by atoms with Crippen LogP contribution in [0.1, 0.15) is 35.3 Å². The number of hydrogen-bond donors (Lipinski definition) is 2. The minimum Gasteiger partial charge on any atom is -0.478 e. The minimum atomic E-state index is -1.26. The molecule has 1 atom stereocenters. The van der Waals surface area contributed by atoms with E-state index in [9.17, 15) is 34.0 Å². The number of urea groups is 1. The van der Waals surface area contributed by atoms with Crippen molar-refractivity contribution in [3.05, 3.63) is 86.9 Å². The van der Waals surface area contributed by atoms with E-state index in [1.54, 1.807) is 7.05 Å². The Morgan fingerprint density at radius 3 is 2.53 bits per heavy atom. The van der Waals surface area contributed by atoms with E-state index in [0.29, 0.717) is 12.0 Å². The number of amides is 3. The van der Waals surface area contributed by atoms with Gasteiger partial charge in [-0.25, -0.2) is 14.0 Å². The summed E-state index contributed by atoms with van der Waals surface area (Å²) < 4.78 is 13.1. The molecule has 2 aromatic carbocycles. The number of rotatable bonds is 8. The Kier molecular flexibility index (Phi) is 7.24. The lowest BCUT2D eigenvalue weighted by Gasteiger charge is -2.37. The molecule has 1 unspecified atom stereocenters. The molecule has 1 aliphatic heterocycles. The number of carboxylic acids is 1. The maximum atomic E-state index is 13.1. The predicted octanol–water partition coefficient (Wildman–Crippen LogP) is 3.32. The van der Waals surface area contributed by atoms with Gasteiger partial charge in [0.05, 0.1) is 16.5 Å². The molecule has 2 aromatic rings. The molecule has 0 bridgehead atoms. The summed E-state index contributed by atoms with van der Waals surface area (Å²) in [6, 6.07) is 9.01. The SMILES string of the molecule is CC1=C(C(=O)O)C(c2cccc([N+](=O)[O-])c2)N(CCCN(C)C(=O)c2ccc(F)cc2)C(=O)N1. The Morgan fingerprint density at radius 2 is 1.91 bits per heavy atom. The maximum Gasteiger partial charge on any atom is 0.335 e. The molecule has 2 N–H and O–H groups in total. The van der Waals surface area contributed by atoms with Crippen molar-refractivity contribution in [1.82, 2.24) is 15.1 Å². The number of carbonyl (C=O) groups is 3. The van der Waals surface area contributed by atoms with Gasteiger partial charge in [0.25, 0.3) is 11.6 Å². The van der Waals surface area contributed by atoms with Gasteiger partial charge in [0.15, 0.2) is 0 Å². The number of carboxylic acid groups (broad SMARTS) is 1. The Morgan fingerprint density at radius 1 is 1.24 bits per heavy atom. The highest BCUT2D eigenvalue weighted by molar-refractivity contribution is 5.94. The van der Waals surface area contributed by atoms with Gasteiger partial charge in [0, 0.05) is 43.5 Å². The van der Waals surface area contributed by atoms with Crippen molar-refractivity contribution in [2.45, 2.75) is 19.4 Å². The molecule has 3 rings (SSSR count). The van der Waals surface area contributed by atoms with E-state index in [2.05, 4.69) is 5.32 Å². The van der Waals surface area contributed by atoms with Crippen molar-refractivity contribution in [3.63, 3.8) is 0 Å². The zero-order valence-electron chi connectivity index (χ0n) is 18.5. The second kappa shape index (κ2) is 10.1. The molecular weight excluding hydrogens is 447 g/mol. The van der Waals surface area contributed by atoms with Crippen LogP contribution in [0.2, 0.25) is 0 Å². The van der Waals surface area contributed by atoms with Crippen LogP contribution in [0.15, 0.2) is 59.8 Å². The molecule has 0 fully saturated rings. The lowest BCUT2D eigenvalue weighted by Crippen LogP contribution is -2.49. The lowest BCUT2D eigenvalue weighted by molar-refractivity contribution is -0.384. The van der Waals surface area contributed by atoms with E-state index in [-0.39, 0.29) is 41.5 Å². The number of benzene rings is 2. The molecule has 0 saturated carbocycles. The highest BCUT2D eigenvalue weighted by atomic mass is 19.1. The number of nitro groups is 1. The summed E-state index contributed by atoms with van der Waals surface area (Å²) in [6.45, 7) is 1.76. The van der Waals surface area contributed by atoms with Gasteiger partial charge in [-0.05, 0) is 43.2 Å². The molecule has 11 heteroatoms. The molecule has 0 aliphatic carbocycles. The number of nitrogens with zero attached hydrogens (tertiary/aromatic N) is 3. The van der Waals surface area contributed by atoms with E-state index in [1.807, 2.05) is 0 Å². The first-order valence-electron chi connectivity index (χ1n) is 10.4. The molecule has 3 amide bonds. The van der Waals surface area contributed by atoms with E-state index >= 15 is 0 Å². The van der Waals surface area contributed by atoms with Crippen LogP contribution in [0.25, 0.3) is 0 Å². The molecule has 1 aliphatic rings. The summed E-state index contributed by atoms with van der Waals surface area (Å²) in [6.07, 6.45) is 0.300. The van der Waals surface area contributed by atoms with Crippen LogP contribution >= 0.6 is 0 Å². The monoisotopic (exact) mass is 470 g/mol. The molecule has 0 radical (unpaired) electrons. The van der Waals surface area contributed by atoms with Crippen molar-refractivity contribution in [3.8, 4) is 0 Å². The van der Waals surface area contributed by atoms with Gasteiger partial charge in [-0.2, -0.15) is 0 Å². The molecule has 10 nitrogen and oxygen atoms in total. The molecule has 0 spiro atoms. The number of nitrogens with one attached hydrogen (secondary N) is 1. The number of carbonyl (C=O) groups excluding carboxylic acids is 2. The van der Waals surface area contributed by atoms with Gasteiger partial charge < -0.3 is 20.2 Å². The van der Waals surface area contributed by atoms with E-state index in [1.165, 1.54) is 65.3 Å². The summed E-state index contributed by atoms with van der Waals surface area (Å²) in [5, 5.41) is 23.6. The average molecular weight is 470 g/mol. The van der Waals surface area contributed by atoms with Crippen molar-refractivity contribution in [1.29, 1.82) is 0 Å². The summed E-state index contributed by atoms with van der Waals surface area (Å²) in [5.74, 6) is -2.05. The molecule has 1 heterocycles. The fraction of sp³-hybridized carbons (Fsp3) is 0.261.